The first-order chi connectivity index (χ1) is 4.33. The van der Waals surface area contributed by atoms with Crippen molar-refractivity contribution in [2.75, 3.05) is 0 Å². The van der Waals surface area contributed by atoms with Crippen LogP contribution < -0.4 is 17.0 Å². The smallest absolute Gasteiger partial charge is 1.00 e. The Kier molecular flexibility index (Phi) is 9.14. The van der Waals surface area contributed by atoms with Gasteiger partial charge in [-0.1, -0.05) is 17.7 Å². The maximum absolute atomic E-state index is 5.66. The summed E-state index contributed by atoms with van der Waals surface area (Å²) in [5.41, 5.74) is 0.933. The second-order valence-electron chi connectivity index (χ2n) is 1.69. The van der Waals surface area contributed by atoms with Gasteiger partial charge in [0.25, 0.3) is 0 Å². The molecule has 0 fully saturated rings. The largest absolute Gasteiger partial charge is 2.00 e. The van der Waals surface area contributed by atoms with Crippen molar-refractivity contribution in [1.82, 2.24) is 0 Å². The molecule has 0 heterocycles. The van der Waals surface area contributed by atoms with Crippen LogP contribution >= 0.6 is 11.6 Å². The topological polar surface area (TPSA) is 0 Å². The van der Waals surface area contributed by atoms with Crippen molar-refractivity contribution in [2.45, 2.75) is 0 Å². The molecule has 0 nitrogen and oxygen atoms in total. The molecule has 1 rings (SSSR count). The van der Waals surface area contributed by atoms with E-state index in [-0.39, 0.29) is 40.0 Å². The van der Waals surface area contributed by atoms with Gasteiger partial charge in [0.15, 0.2) is 0 Å². The quantitative estimate of drug-likeness (QED) is 0.451. The monoisotopic (exact) mass is 240 g/mol. The Morgan fingerprint density at radius 2 is 2.00 bits per heavy atom. The van der Waals surface area contributed by atoms with E-state index in [1.165, 1.54) is 0 Å². The van der Waals surface area contributed by atoms with E-state index in [4.69, 9.17) is 11.6 Å². The Morgan fingerprint density at radius 1 is 1.36 bits per heavy atom. The van der Waals surface area contributed by atoms with Crippen molar-refractivity contribution in [3.05, 3.63) is 47.5 Å². The van der Waals surface area contributed by atoms with Gasteiger partial charge < -0.3 is 17.0 Å². The molecular weight excluding hydrogens is 236 g/mol. The van der Waals surface area contributed by atoms with Crippen molar-refractivity contribution in [3.8, 4) is 0 Å². The van der Waals surface area contributed by atoms with Crippen molar-refractivity contribution in [3.63, 3.8) is 0 Å². The third-order valence-electron chi connectivity index (χ3n) is 1.03. The molecule has 1 aromatic carbocycles. The van der Waals surface area contributed by atoms with Gasteiger partial charge >= 0.3 is 23.1 Å². The van der Waals surface area contributed by atoms with Crippen molar-refractivity contribution in [1.29, 1.82) is 0 Å². The summed E-state index contributed by atoms with van der Waals surface area (Å²) in [5, 5.41) is 0.726. The molecule has 0 aliphatic rings. The van der Waals surface area contributed by atoms with Gasteiger partial charge in [0.2, 0.25) is 0 Å². The van der Waals surface area contributed by atoms with Crippen LogP contribution in [-0.2, 0) is 0 Å². The van der Waals surface area contributed by atoms with Gasteiger partial charge in [0.1, 0.15) is 0 Å². The molecule has 0 radical (unpaired) electrons. The van der Waals surface area contributed by atoms with E-state index < -0.39 is 0 Å². The van der Waals surface area contributed by atoms with Gasteiger partial charge in [0, 0.05) is 0 Å². The van der Waals surface area contributed by atoms with Crippen LogP contribution in [0.25, 0.3) is 0 Å². The van der Waals surface area contributed by atoms with Gasteiger partial charge in [-0.15, -0.1) is 12.1 Å². The molecule has 0 atom stereocenters. The predicted octanol–water partition coefficient (Wildman–Crippen LogP) is -0.700. The third kappa shape index (κ3) is 4.85. The second-order valence-corrected chi connectivity index (χ2v) is 2.12. The molecule has 0 unspecified atom stereocenters. The normalized spacial score (nSPS) is 7.36. The minimum absolute atomic E-state index is 0. The molecule has 0 saturated carbocycles. The summed E-state index contributed by atoms with van der Waals surface area (Å²) in [7, 11) is 0. The van der Waals surface area contributed by atoms with Crippen LogP contribution in [0.3, 0.4) is 0 Å². The molecule has 0 aliphatic carbocycles. The van der Waals surface area contributed by atoms with Gasteiger partial charge in [-0.2, -0.15) is 24.3 Å². The van der Waals surface area contributed by atoms with E-state index in [2.05, 4.69) is 12.7 Å². The van der Waals surface area contributed by atoms with Crippen LogP contribution in [0.1, 0.15) is 5.56 Å². The molecule has 0 bridgehead atoms. The molecule has 0 saturated heterocycles. The van der Waals surface area contributed by atoms with Crippen LogP contribution in [0.4, 0.5) is 0 Å². The SMILES string of the molecule is C=[C-]c1cccc(Cl)c1.[Br-].[Mg+2]. The van der Waals surface area contributed by atoms with E-state index >= 15 is 0 Å². The van der Waals surface area contributed by atoms with Crippen LogP contribution in [0.15, 0.2) is 30.8 Å². The number of hydrogen-bond donors (Lipinski definition) is 0. The molecule has 3 heteroatoms. The minimum atomic E-state index is 0. The van der Waals surface area contributed by atoms with E-state index in [1.54, 1.807) is 0 Å². The molecule has 0 aromatic heterocycles. The molecular formula is C8H6BrClMg. The van der Waals surface area contributed by atoms with Crippen molar-refractivity contribution < 1.29 is 17.0 Å². The first-order valence-corrected chi connectivity index (χ1v) is 2.99. The zero-order chi connectivity index (χ0) is 6.69. The third-order valence-corrected chi connectivity index (χ3v) is 1.26. The fourth-order valence-electron chi connectivity index (χ4n) is 0.598. The minimum Gasteiger partial charge on any atom is -1.00 e. The zero-order valence-electron chi connectivity index (χ0n) is 5.98. The van der Waals surface area contributed by atoms with Crippen LogP contribution in [-0.4, -0.2) is 23.1 Å². The Labute approximate surface area is 98.6 Å². The number of hydrogen-bond acceptors (Lipinski definition) is 0. The molecule has 0 amide bonds. The van der Waals surface area contributed by atoms with Gasteiger partial charge in [-0.25, -0.2) is 0 Å². The van der Waals surface area contributed by atoms with Gasteiger partial charge in [0.05, 0.1) is 0 Å². The Bertz CT molecular complexity index is 225. The second kappa shape index (κ2) is 7.16. The summed E-state index contributed by atoms with van der Waals surface area (Å²) in [6.45, 7) is 3.49. The van der Waals surface area contributed by atoms with Gasteiger partial charge in [-0.05, 0) is 5.02 Å². The van der Waals surface area contributed by atoms with Crippen LogP contribution in [0, 0.1) is 6.08 Å². The Hall–Kier alpha value is 0.496. The van der Waals surface area contributed by atoms with Crippen LogP contribution in [0.5, 0.6) is 0 Å². The average Bonchev–Trinajstić information content (AvgIpc) is 1.88. The van der Waals surface area contributed by atoms with E-state index in [0.29, 0.717) is 0 Å². The van der Waals surface area contributed by atoms with Crippen molar-refractivity contribution >= 4 is 34.7 Å². The fourth-order valence-corrected chi connectivity index (χ4v) is 0.789. The van der Waals surface area contributed by atoms with E-state index in [9.17, 15) is 0 Å². The zero-order valence-corrected chi connectivity index (χ0v) is 9.74. The Balaban J connectivity index is 0. The maximum atomic E-state index is 5.66. The van der Waals surface area contributed by atoms with Crippen LogP contribution in [0.2, 0.25) is 5.02 Å². The molecule has 0 N–H and O–H groups in total. The summed E-state index contributed by atoms with van der Waals surface area (Å²) in [5.74, 6) is 0. The number of benzene rings is 1. The molecule has 0 aliphatic heterocycles. The van der Waals surface area contributed by atoms with E-state index in [1.807, 2.05) is 24.3 Å². The summed E-state index contributed by atoms with van der Waals surface area (Å²) in [6, 6.07) is 7.41. The summed E-state index contributed by atoms with van der Waals surface area (Å²) >= 11 is 5.66. The number of halogens is 2. The predicted molar refractivity (Wildman–Crippen MR) is 45.2 cm³/mol. The summed E-state index contributed by atoms with van der Waals surface area (Å²) < 4.78 is 0. The maximum Gasteiger partial charge on any atom is 2.00 e. The first kappa shape index (κ1) is 14.0. The number of rotatable bonds is 1. The average molecular weight is 242 g/mol. The molecule has 54 valence electrons. The molecule has 0 spiro atoms. The molecule has 1 aromatic rings. The fraction of sp³-hybridized carbons (Fsp3) is 0. The summed E-state index contributed by atoms with van der Waals surface area (Å²) in [4.78, 5) is 0. The van der Waals surface area contributed by atoms with Gasteiger partial charge in [-0.3, -0.25) is 0 Å². The standard InChI is InChI=1S/C8H6Cl.BrH.Mg/c1-2-7-4-3-5-8(9)6-7;;/h3-6H,1H2;1H;/q-1;;+2/p-1. The molecule has 11 heavy (non-hydrogen) atoms. The Morgan fingerprint density at radius 3 is 2.36 bits per heavy atom. The summed E-state index contributed by atoms with van der Waals surface area (Å²) in [6.07, 6.45) is 2.73. The first-order valence-electron chi connectivity index (χ1n) is 2.61. The van der Waals surface area contributed by atoms with E-state index in [0.717, 1.165) is 10.6 Å². The van der Waals surface area contributed by atoms with Crippen molar-refractivity contribution in [2.24, 2.45) is 0 Å².